The summed E-state index contributed by atoms with van der Waals surface area (Å²) in [5.41, 5.74) is 0.695. The van der Waals surface area contributed by atoms with Crippen molar-refractivity contribution in [1.82, 2.24) is 0 Å². The van der Waals surface area contributed by atoms with Crippen LogP contribution < -0.4 is 10.1 Å². The molecule has 0 bridgehead atoms. The van der Waals surface area contributed by atoms with Gasteiger partial charge in [-0.15, -0.1) is 0 Å². The molecule has 4 aromatic rings. The number of ether oxygens (including phenoxy) is 1. The van der Waals surface area contributed by atoms with Crippen LogP contribution in [0, 0.1) is 7.14 Å². The molecule has 8 heteroatoms. The van der Waals surface area contributed by atoms with Crippen molar-refractivity contribution >= 4 is 95.1 Å². The first-order valence-corrected chi connectivity index (χ1v) is 12.3. The molecule has 0 atom stereocenters. The minimum atomic E-state index is -0.420. The molecular weight excluding hydrogens is 707 g/mol. The number of aromatic hydroxyl groups is 1. The Labute approximate surface area is 219 Å². The number of phenolic OH excluding ortho intramolecular Hbond substituents is 1. The van der Waals surface area contributed by atoms with Crippen molar-refractivity contribution in [1.29, 1.82) is 0 Å². The van der Waals surface area contributed by atoms with Crippen molar-refractivity contribution in [2.75, 3.05) is 5.32 Å². The molecular formula is C23H13BrClI2NO3. The number of nitrogens with one attached hydrogen (secondary N) is 1. The van der Waals surface area contributed by atoms with Crippen LogP contribution in [0.15, 0.2) is 71.2 Å². The first-order chi connectivity index (χ1) is 14.8. The average Bonchev–Trinajstić information content (AvgIpc) is 2.74. The third-order valence-corrected chi connectivity index (χ3v) is 7.07. The SMILES string of the molecule is O=C(Nc1ccc(Oc2ccc3ccccc3c2Br)c(Cl)c1)c1cc(I)cc(I)c1O. The summed E-state index contributed by atoms with van der Waals surface area (Å²) in [5.74, 6) is 0.625. The Morgan fingerprint density at radius 1 is 1.00 bits per heavy atom. The van der Waals surface area contributed by atoms with E-state index in [1.807, 2.05) is 59.0 Å². The summed E-state index contributed by atoms with van der Waals surface area (Å²) in [7, 11) is 0. The van der Waals surface area contributed by atoms with E-state index in [1.54, 1.807) is 30.3 Å². The van der Waals surface area contributed by atoms with E-state index in [0.717, 1.165) is 18.8 Å². The van der Waals surface area contributed by atoms with Gasteiger partial charge in [-0.3, -0.25) is 4.79 Å². The first-order valence-electron chi connectivity index (χ1n) is 8.97. The summed E-state index contributed by atoms with van der Waals surface area (Å²) < 4.78 is 8.31. The molecule has 0 aliphatic heterocycles. The van der Waals surface area contributed by atoms with Crippen molar-refractivity contribution < 1.29 is 14.6 Å². The van der Waals surface area contributed by atoms with Gasteiger partial charge >= 0.3 is 0 Å². The van der Waals surface area contributed by atoms with Gasteiger partial charge in [0.2, 0.25) is 0 Å². The molecule has 4 rings (SSSR count). The van der Waals surface area contributed by atoms with Crippen LogP contribution in [0.1, 0.15) is 10.4 Å². The summed E-state index contributed by atoms with van der Waals surface area (Å²) in [6.45, 7) is 0. The number of carbonyl (C=O) groups excluding carboxylic acids is 1. The monoisotopic (exact) mass is 719 g/mol. The van der Waals surface area contributed by atoms with Gasteiger partial charge in [0.25, 0.3) is 5.91 Å². The number of fused-ring (bicyclic) bond motifs is 1. The Bertz CT molecular complexity index is 1330. The molecule has 0 saturated carbocycles. The number of phenols is 1. The molecule has 4 nitrogen and oxygen atoms in total. The molecule has 0 aromatic heterocycles. The maximum atomic E-state index is 12.6. The van der Waals surface area contributed by atoms with Gasteiger partial charge in [0.15, 0.2) is 0 Å². The van der Waals surface area contributed by atoms with E-state index >= 15 is 0 Å². The Kier molecular flexibility index (Phi) is 6.95. The Balaban J connectivity index is 1.56. The molecule has 2 N–H and O–H groups in total. The van der Waals surface area contributed by atoms with Crippen LogP contribution in [0.5, 0.6) is 17.2 Å². The second-order valence-electron chi connectivity index (χ2n) is 6.58. The predicted molar refractivity (Wildman–Crippen MR) is 145 cm³/mol. The number of benzene rings is 4. The van der Waals surface area contributed by atoms with Crippen LogP contribution in [-0.2, 0) is 0 Å². The Morgan fingerprint density at radius 2 is 1.74 bits per heavy atom. The molecule has 0 aliphatic rings. The summed E-state index contributed by atoms with van der Waals surface area (Å²) in [6.07, 6.45) is 0. The number of anilines is 1. The zero-order valence-electron chi connectivity index (χ0n) is 15.6. The lowest BCUT2D eigenvalue weighted by molar-refractivity contribution is 0.102. The second-order valence-corrected chi connectivity index (χ2v) is 10.2. The Hall–Kier alpha value is -1.56. The lowest BCUT2D eigenvalue weighted by atomic mass is 10.1. The van der Waals surface area contributed by atoms with Crippen LogP contribution in [0.4, 0.5) is 5.69 Å². The Morgan fingerprint density at radius 3 is 2.52 bits per heavy atom. The van der Waals surface area contributed by atoms with E-state index in [1.165, 1.54) is 0 Å². The fourth-order valence-corrected chi connectivity index (χ4v) is 5.65. The van der Waals surface area contributed by atoms with Gasteiger partial charge in [0.05, 0.1) is 18.6 Å². The number of halogens is 4. The summed E-state index contributed by atoms with van der Waals surface area (Å²) in [4.78, 5) is 12.6. The minimum absolute atomic E-state index is 0.0503. The molecule has 0 fully saturated rings. The third-order valence-electron chi connectivity index (χ3n) is 4.51. The maximum Gasteiger partial charge on any atom is 0.259 e. The molecule has 1 amide bonds. The standard InChI is InChI=1S/C23H13BrClI2NO3/c24-21-15-4-2-1-3-12(15)5-7-20(21)31-19-8-6-14(11-17(19)25)28-23(30)16-9-13(26)10-18(27)22(16)29/h1-11,29H,(H,28,30). The highest BCUT2D eigenvalue weighted by atomic mass is 127. The molecule has 0 spiro atoms. The molecule has 0 heterocycles. The largest absolute Gasteiger partial charge is 0.506 e. The van der Waals surface area contributed by atoms with E-state index < -0.39 is 5.91 Å². The van der Waals surface area contributed by atoms with E-state index in [2.05, 4.69) is 43.8 Å². The number of hydrogen-bond donors (Lipinski definition) is 2. The van der Waals surface area contributed by atoms with Crippen molar-refractivity contribution in [3.05, 3.63) is 88.9 Å². The van der Waals surface area contributed by atoms with E-state index in [9.17, 15) is 9.90 Å². The topological polar surface area (TPSA) is 58.6 Å². The van der Waals surface area contributed by atoms with Crippen molar-refractivity contribution in [3.8, 4) is 17.2 Å². The number of carbonyl (C=O) groups is 1. The highest BCUT2D eigenvalue weighted by Crippen LogP contribution is 2.38. The second kappa shape index (κ2) is 9.51. The van der Waals surface area contributed by atoms with Gasteiger partial charge < -0.3 is 15.2 Å². The summed E-state index contributed by atoms with van der Waals surface area (Å²) >= 11 is 14.1. The smallest absolute Gasteiger partial charge is 0.259 e. The highest BCUT2D eigenvalue weighted by molar-refractivity contribution is 14.1. The molecule has 0 aliphatic carbocycles. The minimum Gasteiger partial charge on any atom is -0.506 e. The van der Waals surface area contributed by atoms with Gasteiger partial charge in [-0.05, 0) is 108 Å². The summed E-state index contributed by atoms with van der Waals surface area (Å²) in [6, 6.07) is 20.3. The average molecular weight is 721 g/mol. The highest BCUT2D eigenvalue weighted by Gasteiger charge is 2.16. The van der Waals surface area contributed by atoms with Crippen LogP contribution in [0.25, 0.3) is 10.8 Å². The van der Waals surface area contributed by atoms with Gasteiger partial charge in [-0.25, -0.2) is 0 Å². The van der Waals surface area contributed by atoms with E-state index in [0.29, 0.717) is 25.8 Å². The number of hydrogen-bond acceptors (Lipinski definition) is 3. The van der Waals surface area contributed by atoms with E-state index in [-0.39, 0.29) is 11.3 Å². The van der Waals surface area contributed by atoms with E-state index in [4.69, 9.17) is 16.3 Å². The maximum absolute atomic E-state index is 12.6. The zero-order valence-corrected chi connectivity index (χ0v) is 22.3. The van der Waals surface area contributed by atoms with Gasteiger partial charge in [-0.1, -0.05) is 41.9 Å². The normalized spacial score (nSPS) is 10.8. The number of rotatable bonds is 4. The van der Waals surface area contributed by atoms with Gasteiger partial charge in [0, 0.05) is 9.26 Å². The third kappa shape index (κ3) is 4.94. The van der Waals surface area contributed by atoms with Gasteiger partial charge in [-0.2, -0.15) is 0 Å². The van der Waals surface area contributed by atoms with Crippen LogP contribution in [0.3, 0.4) is 0 Å². The van der Waals surface area contributed by atoms with Gasteiger partial charge in [0.1, 0.15) is 17.2 Å². The molecule has 0 saturated heterocycles. The van der Waals surface area contributed by atoms with Crippen molar-refractivity contribution in [2.45, 2.75) is 0 Å². The molecule has 156 valence electrons. The van der Waals surface area contributed by atoms with Crippen LogP contribution >= 0.6 is 72.7 Å². The lowest BCUT2D eigenvalue weighted by Crippen LogP contribution is -2.12. The van der Waals surface area contributed by atoms with Crippen molar-refractivity contribution in [3.63, 3.8) is 0 Å². The fraction of sp³-hybridized carbons (Fsp3) is 0. The predicted octanol–water partition coefficient (Wildman–Crippen LogP) is 8.22. The lowest BCUT2D eigenvalue weighted by Gasteiger charge is -2.13. The zero-order chi connectivity index (χ0) is 22.1. The first kappa shape index (κ1) is 22.6. The molecule has 0 unspecified atom stereocenters. The molecule has 4 aromatic carbocycles. The van der Waals surface area contributed by atoms with Crippen LogP contribution in [0.2, 0.25) is 5.02 Å². The van der Waals surface area contributed by atoms with Crippen molar-refractivity contribution in [2.24, 2.45) is 0 Å². The number of amides is 1. The quantitative estimate of drug-likeness (QED) is 0.209. The summed E-state index contributed by atoms with van der Waals surface area (Å²) in [5, 5.41) is 15.5. The fourth-order valence-electron chi connectivity index (χ4n) is 3.01. The molecule has 0 radical (unpaired) electrons. The van der Waals surface area contributed by atoms with Crippen LogP contribution in [-0.4, -0.2) is 11.0 Å². The molecule has 31 heavy (non-hydrogen) atoms.